The molecule has 6 nitrogen and oxygen atoms in total. The topological polar surface area (TPSA) is 75.9 Å². The number of nitrogens with one attached hydrogen (secondary N) is 1. The lowest BCUT2D eigenvalue weighted by Gasteiger charge is -2.22. The van der Waals surface area contributed by atoms with Gasteiger partial charge in [0.15, 0.2) is 5.82 Å². The smallest absolute Gasteiger partial charge is 0.178 e. The van der Waals surface area contributed by atoms with Gasteiger partial charge in [0.25, 0.3) is 0 Å². The highest BCUT2D eigenvalue weighted by atomic mass is 16.3. The molecule has 1 aromatic heterocycles. The molecule has 0 amide bonds. The van der Waals surface area contributed by atoms with E-state index in [4.69, 9.17) is 0 Å². The number of aromatic hydroxyl groups is 1. The molecule has 2 N–H and O–H groups in total. The standard InChI is InChI=1S/C23H31N5O/c1-13(2)18-11-17(12-19(14(3)4)22(18)29)20(24-7)23-25-26-27-28(23)21-15(5)9-8-10-16(21)6/h8-14,20,24,29H,1-7H3. The van der Waals surface area contributed by atoms with Crippen LogP contribution in [-0.4, -0.2) is 32.4 Å². The van der Waals surface area contributed by atoms with Gasteiger partial charge in [-0.05, 0) is 83.1 Å². The third-order valence-electron chi connectivity index (χ3n) is 5.46. The van der Waals surface area contributed by atoms with Crippen molar-refractivity contribution < 1.29 is 5.11 Å². The maximum absolute atomic E-state index is 10.8. The molecule has 2 aromatic carbocycles. The SMILES string of the molecule is CNC(c1cc(C(C)C)c(O)c(C(C)C)c1)c1nnnn1-c1c(C)cccc1C. The Morgan fingerprint density at radius 1 is 0.966 bits per heavy atom. The lowest BCUT2D eigenvalue weighted by Crippen LogP contribution is -2.23. The highest BCUT2D eigenvalue weighted by Gasteiger charge is 2.25. The van der Waals surface area contributed by atoms with Crippen molar-refractivity contribution in [3.05, 3.63) is 64.0 Å². The van der Waals surface area contributed by atoms with Crippen molar-refractivity contribution in [3.8, 4) is 11.4 Å². The summed E-state index contributed by atoms with van der Waals surface area (Å²) < 4.78 is 1.82. The van der Waals surface area contributed by atoms with E-state index in [9.17, 15) is 5.11 Å². The van der Waals surface area contributed by atoms with Crippen molar-refractivity contribution in [1.82, 2.24) is 25.5 Å². The summed E-state index contributed by atoms with van der Waals surface area (Å²) in [5, 5.41) is 26.8. The van der Waals surface area contributed by atoms with Gasteiger partial charge in [0.2, 0.25) is 0 Å². The van der Waals surface area contributed by atoms with Gasteiger partial charge < -0.3 is 10.4 Å². The molecular formula is C23H31N5O. The minimum absolute atomic E-state index is 0.208. The number of hydrogen-bond acceptors (Lipinski definition) is 5. The van der Waals surface area contributed by atoms with E-state index in [0.29, 0.717) is 5.75 Å². The fourth-order valence-electron chi connectivity index (χ4n) is 3.87. The molecule has 29 heavy (non-hydrogen) atoms. The Hall–Kier alpha value is -2.73. The van der Waals surface area contributed by atoms with Crippen molar-refractivity contribution in [2.45, 2.75) is 59.4 Å². The average molecular weight is 394 g/mol. The van der Waals surface area contributed by atoms with Gasteiger partial charge in [0, 0.05) is 0 Å². The number of aryl methyl sites for hydroxylation is 2. The first-order chi connectivity index (χ1) is 13.8. The van der Waals surface area contributed by atoms with Crippen LogP contribution >= 0.6 is 0 Å². The summed E-state index contributed by atoms with van der Waals surface area (Å²) in [4.78, 5) is 0. The monoisotopic (exact) mass is 393 g/mol. The van der Waals surface area contributed by atoms with Crippen LogP contribution in [0, 0.1) is 13.8 Å². The molecule has 0 aliphatic rings. The Bertz CT molecular complexity index is 957. The maximum atomic E-state index is 10.8. The molecule has 0 spiro atoms. The Labute approximate surface area is 173 Å². The third kappa shape index (κ3) is 3.90. The quantitative estimate of drug-likeness (QED) is 0.643. The molecule has 1 heterocycles. The molecule has 0 aliphatic heterocycles. The number of phenolic OH excluding ortho intramolecular Hbond substituents is 1. The summed E-state index contributed by atoms with van der Waals surface area (Å²) in [6.07, 6.45) is 0. The van der Waals surface area contributed by atoms with Gasteiger partial charge in [-0.1, -0.05) is 45.9 Å². The second kappa shape index (κ2) is 8.33. The van der Waals surface area contributed by atoms with E-state index in [1.54, 1.807) is 0 Å². The number of para-hydroxylation sites is 1. The zero-order chi connectivity index (χ0) is 21.3. The zero-order valence-corrected chi connectivity index (χ0v) is 18.4. The molecule has 0 saturated carbocycles. The van der Waals surface area contributed by atoms with Crippen LogP contribution in [0.15, 0.2) is 30.3 Å². The molecule has 0 fully saturated rings. The van der Waals surface area contributed by atoms with E-state index in [2.05, 4.69) is 86.7 Å². The van der Waals surface area contributed by atoms with Crippen molar-refractivity contribution in [2.75, 3.05) is 7.05 Å². The second-order valence-electron chi connectivity index (χ2n) is 8.27. The number of phenols is 1. The number of nitrogens with zero attached hydrogens (tertiary/aromatic N) is 4. The van der Waals surface area contributed by atoms with Crippen molar-refractivity contribution in [2.24, 2.45) is 0 Å². The number of hydrogen-bond donors (Lipinski definition) is 2. The fraction of sp³-hybridized carbons (Fsp3) is 0.435. The first kappa shape index (κ1) is 21.0. The minimum atomic E-state index is -0.209. The van der Waals surface area contributed by atoms with E-state index in [0.717, 1.165) is 39.3 Å². The molecular weight excluding hydrogens is 362 g/mol. The number of aromatic nitrogens is 4. The van der Waals surface area contributed by atoms with E-state index in [1.807, 2.05) is 17.8 Å². The number of benzene rings is 2. The number of rotatable bonds is 6. The van der Waals surface area contributed by atoms with Crippen molar-refractivity contribution >= 4 is 0 Å². The first-order valence-corrected chi connectivity index (χ1v) is 10.1. The molecule has 6 heteroatoms. The summed E-state index contributed by atoms with van der Waals surface area (Å²) in [7, 11) is 1.91. The minimum Gasteiger partial charge on any atom is -0.507 e. The summed E-state index contributed by atoms with van der Waals surface area (Å²) in [5.41, 5.74) is 6.16. The normalized spacial score (nSPS) is 12.7. The molecule has 154 valence electrons. The summed E-state index contributed by atoms with van der Waals surface area (Å²) >= 11 is 0. The zero-order valence-electron chi connectivity index (χ0n) is 18.4. The van der Waals surface area contributed by atoms with Gasteiger partial charge in [-0.2, -0.15) is 4.68 Å². The van der Waals surface area contributed by atoms with Crippen LogP contribution in [0.1, 0.15) is 79.2 Å². The molecule has 0 saturated heterocycles. The molecule has 0 bridgehead atoms. The summed E-state index contributed by atoms with van der Waals surface area (Å²) in [6.45, 7) is 12.5. The predicted molar refractivity (Wildman–Crippen MR) is 116 cm³/mol. The lowest BCUT2D eigenvalue weighted by atomic mass is 9.89. The van der Waals surface area contributed by atoms with Crippen LogP contribution in [0.25, 0.3) is 5.69 Å². The van der Waals surface area contributed by atoms with E-state index < -0.39 is 0 Å². The molecule has 0 aliphatic carbocycles. The van der Waals surface area contributed by atoms with Crippen LogP contribution in [0.4, 0.5) is 0 Å². The van der Waals surface area contributed by atoms with Crippen LogP contribution < -0.4 is 5.32 Å². The van der Waals surface area contributed by atoms with Gasteiger partial charge in [-0.15, -0.1) is 5.10 Å². The van der Waals surface area contributed by atoms with E-state index >= 15 is 0 Å². The van der Waals surface area contributed by atoms with E-state index in [-0.39, 0.29) is 17.9 Å². The van der Waals surface area contributed by atoms with Crippen LogP contribution in [0.5, 0.6) is 5.75 Å². The predicted octanol–water partition coefficient (Wildman–Crippen LogP) is 4.54. The highest BCUT2D eigenvalue weighted by Crippen LogP contribution is 2.37. The number of tetrazole rings is 1. The Kier molecular flexibility index (Phi) is 6.03. The van der Waals surface area contributed by atoms with Crippen LogP contribution in [-0.2, 0) is 0 Å². The van der Waals surface area contributed by atoms with Crippen molar-refractivity contribution in [1.29, 1.82) is 0 Å². The van der Waals surface area contributed by atoms with Crippen LogP contribution in [0.3, 0.4) is 0 Å². The molecule has 0 radical (unpaired) electrons. The molecule has 3 aromatic rings. The average Bonchev–Trinajstić information content (AvgIpc) is 3.11. The Balaban J connectivity index is 2.19. The van der Waals surface area contributed by atoms with Gasteiger partial charge in [0.05, 0.1) is 11.7 Å². The fourth-order valence-corrected chi connectivity index (χ4v) is 3.87. The Morgan fingerprint density at radius 2 is 1.52 bits per heavy atom. The summed E-state index contributed by atoms with van der Waals surface area (Å²) in [6, 6.07) is 10.1. The van der Waals surface area contributed by atoms with Gasteiger partial charge >= 0.3 is 0 Å². The highest BCUT2D eigenvalue weighted by molar-refractivity contribution is 5.50. The second-order valence-corrected chi connectivity index (χ2v) is 8.27. The van der Waals surface area contributed by atoms with Gasteiger partial charge in [-0.25, -0.2) is 0 Å². The van der Waals surface area contributed by atoms with Crippen molar-refractivity contribution in [3.63, 3.8) is 0 Å². The van der Waals surface area contributed by atoms with E-state index in [1.165, 1.54) is 0 Å². The van der Waals surface area contributed by atoms with Gasteiger partial charge in [0.1, 0.15) is 5.75 Å². The summed E-state index contributed by atoms with van der Waals surface area (Å²) in [5.74, 6) is 1.53. The maximum Gasteiger partial charge on any atom is 0.178 e. The third-order valence-corrected chi connectivity index (χ3v) is 5.46. The molecule has 1 atom stereocenters. The first-order valence-electron chi connectivity index (χ1n) is 10.1. The Morgan fingerprint density at radius 3 is 2.00 bits per heavy atom. The molecule has 3 rings (SSSR count). The van der Waals surface area contributed by atoms with Gasteiger partial charge in [-0.3, -0.25) is 0 Å². The lowest BCUT2D eigenvalue weighted by molar-refractivity contribution is 0.453. The molecule has 1 unspecified atom stereocenters. The largest absolute Gasteiger partial charge is 0.507 e. The van der Waals surface area contributed by atoms with Crippen LogP contribution in [0.2, 0.25) is 0 Å².